The molecule has 0 aliphatic carbocycles. The van der Waals surface area contributed by atoms with E-state index in [1.807, 2.05) is 54.6 Å². The van der Waals surface area contributed by atoms with E-state index >= 15 is 0 Å². The summed E-state index contributed by atoms with van der Waals surface area (Å²) < 4.78 is 1.56. The van der Waals surface area contributed by atoms with Crippen LogP contribution in [0.25, 0.3) is 28.7 Å². The average molecular weight is 393 g/mol. The normalized spacial score (nSPS) is 11.3. The first kappa shape index (κ1) is 17.5. The van der Waals surface area contributed by atoms with E-state index in [4.69, 9.17) is 23.2 Å². The van der Waals surface area contributed by atoms with Crippen LogP contribution >= 0.6 is 23.2 Å². The minimum atomic E-state index is -0.151. The molecule has 1 aromatic heterocycles. The van der Waals surface area contributed by atoms with Crippen molar-refractivity contribution in [1.82, 2.24) is 9.55 Å². The Hall–Kier alpha value is -2.88. The average Bonchev–Trinajstić information content (AvgIpc) is 2.67. The Morgan fingerprint density at radius 3 is 2.44 bits per heavy atom. The van der Waals surface area contributed by atoms with Gasteiger partial charge in [0.2, 0.25) is 0 Å². The Balaban J connectivity index is 1.97. The summed E-state index contributed by atoms with van der Waals surface area (Å²) in [6, 6.07) is 21.9. The van der Waals surface area contributed by atoms with Gasteiger partial charge in [-0.05, 0) is 54.1 Å². The molecule has 0 fully saturated rings. The lowest BCUT2D eigenvalue weighted by atomic mass is 10.2. The standard InChI is InChI=1S/C22H14Cl2N2O/c23-16-7-5-8-17(14-16)26-21(13-12-15-6-1-3-10-19(15)24)25-20-11-4-2-9-18(20)22(26)27/h1-14H. The third kappa shape index (κ3) is 3.52. The molecule has 4 rings (SSSR count). The van der Waals surface area contributed by atoms with Crippen molar-refractivity contribution in [1.29, 1.82) is 0 Å². The van der Waals surface area contributed by atoms with Gasteiger partial charge in [-0.25, -0.2) is 4.98 Å². The molecular formula is C22H14Cl2N2O. The van der Waals surface area contributed by atoms with E-state index < -0.39 is 0 Å². The third-order valence-corrected chi connectivity index (χ3v) is 4.76. The second kappa shape index (κ2) is 7.39. The highest BCUT2D eigenvalue weighted by molar-refractivity contribution is 6.32. The van der Waals surface area contributed by atoms with Crippen molar-refractivity contribution in [2.45, 2.75) is 0 Å². The fourth-order valence-electron chi connectivity index (χ4n) is 2.90. The van der Waals surface area contributed by atoms with Gasteiger partial charge in [0.05, 0.1) is 16.6 Å². The summed E-state index contributed by atoms with van der Waals surface area (Å²) in [6.07, 6.45) is 3.63. The fraction of sp³-hybridized carbons (Fsp3) is 0. The van der Waals surface area contributed by atoms with Crippen molar-refractivity contribution in [3.8, 4) is 5.69 Å². The van der Waals surface area contributed by atoms with Gasteiger partial charge in [-0.2, -0.15) is 0 Å². The summed E-state index contributed by atoms with van der Waals surface area (Å²) in [6.45, 7) is 0. The molecule has 0 unspecified atom stereocenters. The van der Waals surface area contributed by atoms with E-state index in [1.165, 1.54) is 0 Å². The van der Waals surface area contributed by atoms with Crippen LogP contribution in [0.5, 0.6) is 0 Å². The molecule has 27 heavy (non-hydrogen) atoms. The van der Waals surface area contributed by atoms with Gasteiger partial charge in [0.25, 0.3) is 5.56 Å². The first-order chi connectivity index (χ1) is 13.1. The molecule has 3 aromatic carbocycles. The summed E-state index contributed by atoms with van der Waals surface area (Å²) in [7, 11) is 0. The SMILES string of the molecule is O=c1c2ccccc2nc(C=Cc2ccccc2Cl)n1-c1cccc(Cl)c1. The second-order valence-corrected chi connectivity index (χ2v) is 6.81. The predicted molar refractivity (Wildman–Crippen MR) is 113 cm³/mol. The maximum Gasteiger partial charge on any atom is 0.266 e. The fourth-order valence-corrected chi connectivity index (χ4v) is 3.28. The summed E-state index contributed by atoms with van der Waals surface area (Å²) in [5.74, 6) is 0.501. The lowest BCUT2D eigenvalue weighted by Gasteiger charge is -2.11. The number of rotatable bonds is 3. The maximum atomic E-state index is 13.2. The highest BCUT2D eigenvalue weighted by Gasteiger charge is 2.11. The monoisotopic (exact) mass is 392 g/mol. The summed E-state index contributed by atoms with van der Waals surface area (Å²) in [4.78, 5) is 17.8. The van der Waals surface area contributed by atoms with Gasteiger partial charge in [0.1, 0.15) is 5.82 Å². The highest BCUT2D eigenvalue weighted by atomic mass is 35.5. The van der Waals surface area contributed by atoms with Crippen LogP contribution in [-0.2, 0) is 0 Å². The van der Waals surface area contributed by atoms with Crippen LogP contribution in [-0.4, -0.2) is 9.55 Å². The number of nitrogens with zero attached hydrogens (tertiary/aromatic N) is 2. The van der Waals surface area contributed by atoms with E-state index in [9.17, 15) is 4.79 Å². The number of halogens is 2. The third-order valence-electron chi connectivity index (χ3n) is 4.19. The van der Waals surface area contributed by atoms with Crippen LogP contribution in [0.2, 0.25) is 10.0 Å². The molecule has 0 aliphatic heterocycles. The molecule has 0 atom stereocenters. The number of para-hydroxylation sites is 1. The number of aromatic nitrogens is 2. The highest BCUT2D eigenvalue weighted by Crippen LogP contribution is 2.20. The van der Waals surface area contributed by atoms with E-state index in [2.05, 4.69) is 4.98 Å². The Labute approximate surface area is 166 Å². The summed E-state index contributed by atoms with van der Waals surface area (Å²) in [5, 5.41) is 1.73. The van der Waals surface area contributed by atoms with Crippen molar-refractivity contribution in [2.75, 3.05) is 0 Å². The molecule has 5 heteroatoms. The van der Waals surface area contributed by atoms with Gasteiger partial charge >= 0.3 is 0 Å². The molecule has 0 saturated heterocycles. The quantitative estimate of drug-likeness (QED) is 0.437. The van der Waals surface area contributed by atoms with Crippen LogP contribution < -0.4 is 5.56 Å². The zero-order valence-corrected chi connectivity index (χ0v) is 15.7. The topological polar surface area (TPSA) is 34.9 Å². The number of hydrogen-bond acceptors (Lipinski definition) is 2. The molecule has 0 amide bonds. The first-order valence-electron chi connectivity index (χ1n) is 8.34. The minimum Gasteiger partial charge on any atom is -0.268 e. The molecule has 4 aromatic rings. The largest absolute Gasteiger partial charge is 0.268 e. The van der Waals surface area contributed by atoms with Crippen LogP contribution in [0.1, 0.15) is 11.4 Å². The number of fused-ring (bicyclic) bond motifs is 1. The molecule has 132 valence electrons. The Morgan fingerprint density at radius 1 is 0.852 bits per heavy atom. The zero-order valence-electron chi connectivity index (χ0n) is 14.1. The van der Waals surface area contributed by atoms with Crippen LogP contribution in [0.3, 0.4) is 0 Å². The van der Waals surface area contributed by atoms with E-state index in [1.54, 1.807) is 34.9 Å². The zero-order chi connectivity index (χ0) is 18.8. The molecule has 1 heterocycles. The van der Waals surface area contributed by atoms with Crippen LogP contribution in [0.15, 0.2) is 77.6 Å². The molecule has 0 bridgehead atoms. The Morgan fingerprint density at radius 2 is 1.63 bits per heavy atom. The molecule has 0 radical (unpaired) electrons. The smallest absolute Gasteiger partial charge is 0.266 e. The molecule has 0 aliphatic rings. The van der Waals surface area contributed by atoms with Crippen molar-refractivity contribution < 1.29 is 0 Å². The first-order valence-corrected chi connectivity index (χ1v) is 9.09. The van der Waals surface area contributed by atoms with Gasteiger partial charge in [0.15, 0.2) is 0 Å². The number of hydrogen-bond donors (Lipinski definition) is 0. The molecular weight excluding hydrogens is 379 g/mol. The Kier molecular flexibility index (Phi) is 4.80. The minimum absolute atomic E-state index is 0.151. The van der Waals surface area contributed by atoms with Crippen LogP contribution in [0, 0.1) is 0 Å². The van der Waals surface area contributed by atoms with Crippen molar-refractivity contribution in [3.63, 3.8) is 0 Å². The van der Waals surface area contributed by atoms with Crippen molar-refractivity contribution in [3.05, 3.63) is 105 Å². The van der Waals surface area contributed by atoms with Gasteiger partial charge in [-0.15, -0.1) is 0 Å². The van der Waals surface area contributed by atoms with Gasteiger partial charge in [-0.1, -0.05) is 59.6 Å². The molecule has 0 spiro atoms. The van der Waals surface area contributed by atoms with E-state index in [0.717, 1.165) is 5.56 Å². The predicted octanol–water partition coefficient (Wildman–Crippen LogP) is 5.86. The van der Waals surface area contributed by atoms with Crippen molar-refractivity contribution >= 4 is 46.3 Å². The summed E-state index contributed by atoms with van der Waals surface area (Å²) >= 11 is 12.4. The van der Waals surface area contributed by atoms with E-state index in [0.29, 0.717) is 32.5 Å². The van der Waals surface area contributed by atoms with Gasteiger partial charge in [-0.3, -0.25) is 9.36 Å². The molecule has 0 saturated carbocycles. The van der Waals surface area contributed by atoms with Crippen molar-refractivity contribution in [2.24, 2.45) is 0 Å². The Bertz CT molecular complexity index is 1230. The van der Waals surface area contributed by atoms with E-state index in [-0.39, 0.29) is 5.56 Å². The number of benzene rings is 3. The molecule has 3 nitrogen and oxygen atoms in total. The lowest BCUT2D eigenvalue weighted by molar-refractivity contribution is 0.944. The lowest BCUT2D eigenvalue weighted by Crippen LogP contribution is -2.22. The summed E-state index contributed by atoms with van der Waals surface area (Å²) in [5.41, 5.74) is 1.99. The maximum absolute atomic E-state index is 13.2. The van der Waals surface area contributed by atoms with Crippen LogP contribution in [0.4, 0.5) is 0 Å². The second-order valence-electron chi connectivity index (χ2n) is 5.96. The van der Waals surface area contributed by atoms with Gasteiger partial charge in [0, 0.05) is 10.0 Å². The molecule has 0 N–H and O–H groups in total. The van der Waals surface area contributed by atoms with Gasteiger partial charge < -0.3 is 0 Å².